The van der Waals surface area contributed by atoms with Crippen LogP contribution in [0.2, 0.25) is 0 Å². The third-order valence-corrected chi connectivity index (χ3v) is 15.6. The number of carbonyl (C=O) groups is 4. The fourth-order valence-corrected chi connectivity index (χ4v) is 10.6. The molecule has 6 aromatic carbocycles. The van der Waals surface area contributed by atoms with Gasteiger partial charge in [0.15, 0.2) is 0 Å². The number of pyridine rings is 4. The molecule has 12 rings (SSSR count). The standard InChI is InChI=1S/C25H29NO5.2C14H12N2.C14H11N.C10H14O5.2Cu.K.H3P.V/c1-5-25(4,24(29)31-15-14-30-23(28)16-17(2)27)18(3)26-21-12-8-6-10-19(21)20-11-7-9-13-22(20)26;2*1-9-3-5-11-7-8-12-6-4-10(2)16-14(12)13(11)15-9;1-2-15-13-9-5-3-7-11(13)12-8-4-6-10-14(12)15;1-7(2)10(13)15-5-4-14-9(12)6-8(3)11;;;;;/h6-13,16,18,27H,5,14-15H2,1-4H3;2*3-8H,1-2H3;2-10H,1H2;6,11H,1,4-5H2,2-3H3;;;;1H3;. The van der Waals surface area contributed by atoms with Crippen molar-refractivity contribution < 1.29 is 101 Å². The van der Waals surface area contributed by atoms with Crippen molar-refractivity contribution in [2.75, 3.05) is 26.4 Å². The number of aromatic nitrogens is 6. The van der Waals surface area contributed by atoms with Crippen LogP contribution in [0.15, 0.2) is 212 Å². The number of aliphatic hydroxyl groups excluding tert-OH is 2. The van der Waals surface area contributed by atoms with Crippen LogP contribution < -0.4 is 0 Å². The van der Waals surface area contributed by atoms with Crippen molar-refractivity contribution in [1.82, 2.24) is 29.1 Å². The fourth-order valence-electron chi connectivity index (χ4n) is 10.6. The number of fused-ring (bicyclic) bond motifs is 12. The van der Waals surface area contributed by atoms with Gasteiger partial charge in [-0.05, 0) is 117 Å². The minimum Gasteiger partial charge on any atom is -0.512 e. The van der Waals surface area contributed by atoms with Gasteiger partial charge in [-0.25, -0.2) is 14.4 Å². The van der Waals surface area contributed by atoms with E-state index in [0.717, 1.165) is 100 Å². The van der Waals surface area contributed by atoms with Crippen LogP contribution in [0.4, 0.5) is 0 Å². The number of rotatable bonds is 14. The molecule has 0 saturated heterocycles. The summed E-state index contributed by atoms with van der Waals surface area (Å²) >= 11 is 0. The molecule has 0 spiro atoms. The van der Waals surface area contributed by atoms with Crippen LogP contribution in [-0.4, -0.2) is 141 Å². The van der Waals surface area contributed by atoms with Gasteiger partial charge < -0.3 is 38.3 Å². The van der Waals surface area contributed by atoms with Gasteiger partial charge in [-0.3, -0.25) is 24.7 Å². The fraction of sp³-hybridized carbons (Fsp3) is 0.221. The number of ether oxygens (including phenoxy) is 4. The molecule has 4 radical (unpaired) electrons. The Morgan fingerprint density at radius 1 is 0.500 bits per heavy atom. The van der Waals surface area contributed by atoms with Crippen LogP contribution in [0.5, 0.6) is 0 Å². The zero-order valence-corrected chi connectivity index (χ0v) is 64.8. The molecule has 98 heavy (non-hydrogen) atoms. The van der Waals surface area contributed by atoms with E-state index < -0.39 is 23.3 Å². The van der Waals surface area contributed by atoms with Gasteiger partial charge in [0.2, 0.25) is 0 Å². The predicted molar refractivity (Wildman–Crippen MR) is 390 cm³/mol. The third kappa shape index (κ3) is 21.6. The summed E-state index contributed by atoms with van der Waals surface area (Å²) in [5.41, 5.74) is 12.2. The van der Waals surface area contributed by atoms with Crippen LogP contribution in [-0.2, 0) is 90.8 Å². The molecule has 12 aromatic rings. The molecule has 6 aromatic heterocycles. The first-order chi connectivity index (χ1) is 44.6. The Morgan fingerprint density at radius 2 is 0.786 bits per heavy atom. The molecule has 6 heterocycles. The van der Waals surface area contributed by atoms with Crippen LogP contribution >= 0.6 is 9.90 Å². The number of aryl methyl sites for hydroxylation is 4. The average molecular weight is 1500 g/mol. The Morgan fingerprint density at radius 3 is 1.09 bits per heavy atom. The summed E-state index contributed by atoms with van der Waals surface area (Å²) in [4.78, 5) is 64.6. The van der Waals surface area contributed by atoms with Crippen molar-refractivity contribution in [3.8, 4) is 0 Å². The number of allylic oxidation sites excluding steroid dienone is 2. The van der Waals surface area contributed by atoms with Crippen molar-refractivity contribution in [1.29, 1.82) is 0 Å². The molecule has 512 valence electrons. The number of nitrogens with zero attached hydrogens (tertiary/aromatic N) is 6. The van der Waals surface area contributed by atoms with Crippen LogP contribution in [0, 0.1) is 33.1 Å². The Kier molecular flexibility index (Phi) is 34.7. The number of carbonyl (C=O) groups excluding carboxylic acids is 4. The van der Waals surface area contributed by atoms with Gasteiger partial charge in [-0.1, -0.05) is 141 Å². The summed E-state index contributed by atoms with van der Waals surface area (Å²) in [6, 6.07) is 57.9. The van der Waals surface area contributed by atoms with E-state index in [2.05, 4.69) is 173 Å². The normalized spacial score (nSPS) is 11.7. The number of hydrogen-bond acceptors (Lipinski definition) is 14. The molecule has 0 aliphatic carbocycles. The molecule has 0 fully saturated rings. The van der Waals surface area contributed by atoms with Gasteiger partial charge >= 0.3 is 23.9 Å². The van der Waals surface area contributed by atoms with Crippen LogP contribution in [0.3, 0.4) is 0 Å². The molecule has 0 aliphatic rings. The van der Waals surface area contributed by atoms with Gasteiger partial charge in [0, 0.05) is 199 Å². The predicted octanol–water partition coefficient (Wildman–Crippen LogP) is 16.8. The topological polar surface area (TPSA) is 207 Å². The quantitative estimate of drug-likeness (QED) is 0.0152. The van der Waals surface area contributed by atoms with E-state index in [0.29, 0.717) is 6.42 Å². The molecule has 0 aliphatic heterocycles. The van der Waals surface area contributed by atoms with Gasteiger partial charge in [0.05, 0.1) is 62.2 Å². The SMILES string of the molecule is C=C(C)C(=O)OCCOC(=O)C=C(C)O.C=Cn1c2ccccc2c2ccccc21.CCC(C)(C(=O)OCCOC(=O)C=C(C)O)C(C)n1c2ccccc2c2ccccc21.Cc1ccc2ccc3ccc(C)nc3c2n1.Cc1ccc2ccc3ccc(C)nc3c2n1.P.[Cu].[Cu].[K].[V]. The average Bonchev–Trinajstić information content (AvgIpc) is 1.53. The van der Waals surface area contributed by atoms with Crippen molar-refractivity contribution in [3.63, 3.8) is 0 Å². The number of hydrogen-bond donors (Lipinski definition) is 2. The van der Waals surface area contributed by atoms with E-state index in [1.807, 2.05) is 103 Å². The van der Waals surface area contributed by atoms with E-state index in [1.165, 1.54) is 42.6 Å². The maximum absolute atomic E-state index is 13.1. The summed E-state index contributed by atoms with van der Waals surface area (Å²) in [7, 11) is 0. The monoisotopic (exact) mass is 1500 g/mol. The second-order valence-corrected chi connectivity index (χ2v) is 22.6. The molecule has 21 heteroatoms. The van der Waals surface area contributed by atoms with Crippen molar-refractivity contribution in [2.45, 2.75) is 81.7 Å². The Hall–Kier alpha value is -7.31. The molecular weight excluding hydrogens is 1420 g/mol. The van der Waals surface area contributed by atoms with E-state index in [-0.39, 0.29) is 170 Å². The molecule has 16 nitrogen and oxygen atoms in total. The molecule has 3 atom stereocenters. The third-order valence-electron chi connectivity index (χ3n) is 15.6. The molecule has 0 bridgehead atoms. The zero-order valence-electron chi connectivity index (χ0n) is 57.0. The van der Waals surface area contributed by atoms with Crippen molar-refractivity contribution >= 4 is 179 Å². The molecule has 0 amide bonds. The van der Waals surface area contributed by atoms with E-state index in [4.69, 9.17) is 19.7 Å². The Labute approximate surface area is 650 Å². The molecule has 3 unspecified atom stereocenters. The summed E-state index contributed by atoms with van der Waals surface area (Å²) in [6.07, 6.45) is 4.35. The summed E-state index contributed by atoms with van der Waals surface area (Å²) in [6.45, 7) is 25.3. The second kappa shape index (κ2) is 40.1. The van der Waals surface area contributed by atoms with Crippen molar-refractivity contribution in [2.24, 2.45) is 5.41 Å². The number of aliphatic hydroxyl groups is 2. The summed E-state index contributed by atoms with van der Waals surface area (Å²) in [5, 5.41) is 27.2. The van der Waals surface area contributed by atoms with Gasteiger partial charge in [-0.15, -0.1) is 0 Å². The summed E-state index contributed by atoms with van der Waals surface area (Å²) < 4.78 is 24.0. The van der Waals surface area contributed by atoms with E-state index in [1.54, 1.807) is 0 Å². The van der Waals surface area contributed by atoms with E-state index in [9.17, 15) is 19.2 Å². The maximum Gasteiger partial charge on any atom is 0.334 e. The smallest absolute Gasteiger partial charge is 0.334 e. The number of benzene rings is 6. The number of esters is 4. The molecular formula is C77H81Cu2KN6O10PV. The van der Waals surface area contributed by atoms with Crippen LogP contribution in [0.1, 0.15) is 76.8 Å². The largest absolute Gasteiger partial charge is 0.512 e. The Balaban J connectivity index is 0.000000326. The molecule has 2 N–H and O–H groups in total. The first-order valence-corrected chi connectivity index (χ1v) is 30.6. The molecule has 0 saturated carbocycles. The first-order valence-electron chi connectivity index (χ1n) is 30.6. The first kappa shape index (κ1) is 84.9. The number of para-hydroxylation sites is 4. The summed E-state index contributed by atoms with van der Waals surface area (Å²) in [5.74, 6) is -2.50. The second-order valence-electron chi connectivity index (χ2n) is 22.6. The maximum atomic E-state index is 13.1. The van der Waals surface area contributed by atoms with Gasteiger partial charge in [0.25, 0.3) is 0 Å². The minimum atomic E-state index is -0.782. The van der Waals surface area contributed by atoms with E-state index >= 15 is 0 Å². The van der Waals surface area contributed by atoms with Crippen molar-refractivity contribution in [3.05, 3.63) is 235 Å². The zero-order chi connectivity index (χ0) is 66.9. The Bertz CT molecular complexity index is 4490. The van der Waals surface area contributed by atoms with Crippen LogP contribution in [0.25, 0.3) is 93.4 Å². The van der Waals surface area contributed by atoms with Gasteiger partial charge in [0.1, 0.15) is 26.4 Å². The minimum absolute atomic E-state index is 0. The van der Waals surface area contributed by atoms with Gasteiger partial charge in [-0.2, -0.15) is 9.90 Å².